The van der Waals surface area contributed by atoms with E-state index in [-0.39, 0.29) is 11.7 Å². The zero-order chi connectivity index (χ0) is 18.7. The number of phenolic OH excluding ortho intramolecular Hbond substituents is 1. The van der Waals surface area contributed by atoms with Gasteiger partial charge in [-0.2, -0.15) is 0 Å². The number of carbonyl (C=O) groups is 1. The van der Waals surface area contributed by atoms with Crippen LogP contribution in [0.25, 0.3) is 6.08 Å². The summed E-state index contributed by atoms with van der Waals surface area (Å²) in [6, 6.07) is 12.1. The van der Waals surface area contributed by atoms with Crippen LogP contribution in [0.15, 0.2) is 52.4 Å². The first-order chi connectivity index (χ1) is 12.5. The van der Waals surface area contributed by atoms with Gasteiger partial charge in [0.15, 0.2) is 16.7 Å². The lowest BCUT2D eigenvalue weighted by Crippen LogP contribution is -2.23. The maximum absolute atomic E-state index is 12.6. The second kappa shape index (κ2) is 7.53. The topological polar surface area (TPSA) is 71.4 Å². The Hall–Kier alpha value is -2.93. The van der Waals surface area contributed by atoms with Gasteiger partial charge in [0.2, 0.25) is 0 Å². The van der Waals surface area contributed by atoms with E-state index in [1.165, 1.54) is 16.7 Å². The first-order valence-electron chi connectivity index (χ1n) is 7.80. The first-order valence-corrected chi connectivity index (χ1v) is 8.61. The van der Waals surface area contributed by atoms with Crippen molar-refractivity contribution in [1.29, 1.82) is 0 Å². The van der Waals surface area contributed by atoms with Crippen molar-refractivity contribution in [3.63, 3.8) is 0 Å². The van der Waals surface area contributed by atoms with E-state index in [2.05, 4.69) is 4.99 Å². The lowest BCUT2D eigenvalue weighted by atomic mass is 10.1. The fourth-order valence-corrected chi connectivity index (χ4v) is 3.47. The molecule has 2 aromatic carbocycles. The van der Waals surface area contributed by atoms with Gasteiger partial charge in [-0.15, -0.1) is 0 Å². The van der Waals surface area contributed by atoms with Crippen LogP contribution in [-0.4, -0.2) is 42.3 Å². The minimum atomic E-state index is -0.154. The summed E-state index contributed by atoms with van der Waals surface area (Å²) in [4.78, 5) is 19.0. The molecule has 0 radical (unpaired) electrons. The number of ether oxygens (including phenoxy) is 2. The summed E-state index contributed by atoms with van der Waals surface area (Å²) in [6.07, 6.45) is 1.76. The Labute approximate surface area is 155 Å². The predicted octanol–water partition coefficient (Wildman–Crippen LogP) is 3.64. The standard InChI is InChI=1S/C19H18N2O4S/c1-21-18(23)16(10-12-6-4-9-15(24-2)17(12)25-3)26-19(21)20-13-7-5-8-14(22)11-13/h4-11,22H,1-3H3/b16-10-,20-19?. The van der Waals surface area contributed by atoms with Gasteiger partial charge in [-0.25, -0.2) is 4.99 Å². The number of rotatable bonds is 4. The molecular weight excluding hydrogens is 352 g/mol. The number of thioether (sulfide) groups is 1. The monoisotopic (exact) mass is 370 g/mol. The van der Waals surface area contributed by atoms with Crippen LogP contribution in [0.1, 0.15) is 5.56 Å². The van der Waals surface area contributed by atoms with E-state index in [0.717, 1.165) is 5.56 Å². The lowest BCUT2D eigenvalue weighted by molar-refractivity contribution is -0.121. The van der Waals surface area contributed by atoms with Gasteiger partial charge >= 0.3 is 0 Å². The van der Waals surface area contributed by atoms with Crippen LogP contribution in [0.4, 0.5) is 5.69 Å². The van der Waals surface area contributed by atoms with E-state index in [1.807, 2.05) is 12.1 Å². The second-order valence-electron chi connectivity index (χ2n) is 5.47. The number of phenols is 1. The number of benzene rings is 2. The second-order valence-corrected chi connectivity index (χ2v) is 6.48. The molecule has 1 N–H and O–H groups in total. The highest BCUT2D eigenvalue weighted by Crippen LogP contribution is 2.37. The predicted molar refractivity (Wildman–Crippen MR) is 103 cm³/mol. The Morgan fingerprint density at radius 3 is 2.62 bits per heavy atom. The van der Waals surface area contributed by atoms with Gasteiger partial charge in [-0.3, -0.25) is 9.69 Å². The minimum absolute atomic E-state index is 0.126. The van der Waals surface area contributed by atoms with Crippen LogP contribution >= 0.6 is 11.8 Å². The van der Waals surface area contributed by atoms with E-state index in [0.29, 0.717) is 27.3 Å². The molecule has 0 atom stereocenters. The third-order valence-electron chi connectivity index (χ3n) is 3.78. The Bertz CT molecular complexity index is 908. The van der Waals surface area contributed by atoms with Crippen molar-refractivity contribution >= 4 is 34.6 Å². The Morgan fingerprint density at radius 2 is 1.92 bits per heavy atom. The van der Waals surface area contributed by atoms with Gasteiger partial charge in [0.05, 0.1) is 24.8 Å². The number of aromatic hydroxyl groups is 1. The molecule has 0 aromatic heterocycles. The third-order valence-corrected chi connectivity index (χ3v) is 4.84. The molecule has 7 heteroatoms. The van der Waals surface area contributed by atoms with E-state index in [1.54, 1.807) is 57.7 Å². The molecule has 1 aliphatic rings. The number of amides is 1. The number of para-hydroxylation sites is 1. The summed E-state index contributed by atoms with van der Waals surface area (Å²) in [5.74, 6) is 1.13. The fraction of sp³-hybridized carbons (Fsp3) is 0.158. The van der Waals surface area contributed by atoms with Crippen molar-refractivity contribution < 1.29 is 19.4 Å². The number of likely N-dealkylation sites (N-methyl/N-ethyl adjacent to an activating group) is 1. The minimum Gasteiger partial charge on any atom is -0.508 e. The first kappa shape index (κ1) is 17.9. The van der Waals surface area contributed by atoms with Gasteiger partial charge < -0.3 is 14.6 Å². The molecule has 3 rings (SSSR count). The smallest absolute Gasteiger partial charge is 0.266 e. The van der Waals surface area contributed by atoms with Crippen LogP contribution in [0.2, 0.25) is 0 Å². The quantitative estimate of drug-likeness (QED) is 0.832. The van der Waals surface area contributed by atoms with Crippen LogP contribution in [-0.2, 0) is 4.79 Å². The third kappa shape index (κ3) is 3.52. The highest BCUT2D eigenvalue weighted by Gasteiger charge is 2.30. The largest absolute Gasteiger partial charge is 0.508 e. The number of methoxy groups -OCH3 is 2. The molecule has 0 aliphatic carbocycles. The van der Waals surface area contributed by atoms with Crippen molar-refractivity contribution in [3.8, 4) is 17.2 Å². The highest BCUT2D eigenvalue weighted by atomic mass is 32.2. The van der Waals surface area contributed by atoms with Gasteiger partial charge in [0, 0.05) is 18.7 Å². The van der Waals surface area contributed by atoms with Crippen LogP contribution in [0.3, 0.4) is 0 Å². The summed E-state index contributed by atoms with van der Waals surface area (Å²) in [7, 11) is 4.79. The molecule has 1 saturated heterocycles. The molecule has 1 fully saturated rings. The molecule has 1 heterocycles. The molecule has 1 aliphatic heterocycles. The lowest BCUT2D eigenvalue weighted by Gasteiger charge is -2.10. The summed E-state index contributed by atoms with van der Waals surface area (Å²) in [5, 5.41) is 10.1. The number of hydrogen-bond donors (Lipinski definition) is 1. The van der Waals surface area contributed by atoms with E-state index in [9.17, 15) is 9.90 Å². The molecule has 0 saturated carbocycles. The van der Waals surface area contributed by atoms with Gasteiger partial charge in [-0.1, -0.05) is 18.2 Å². The zero-order valence-corrected chi connectivity index (χ0v) is 15.4. The highest BCUT2D eigenvalue weighted by molar-refractivity contribution is 8.18. The van der Waals surface area contributed by atoms with Crippen molar-refractivity contribution in [2.75, 3.05) is 21.3 Å². The van der Waals surface area contributed by atoms with Crippen molar-refractivity contribution in [1.82, 2.24) is 4.90 Å². The van der Waals surface area contributed by atoms with Crippen LogP contribution in [0.5, 0.6) is 17.2 Å². The Morgan fingerprint density at radius 1 is 1.15 bits per heavy atom. The molecule has 2 aromatic rings. The molecule has 26 heavy (non-hydrogen) atoms. The van der Waals surface area contributed by atoms with Crippen LogP contribution in [0, 0.1) is 0 Å². The van der Waals surface area contributed by atoms with Gasteiger partial charge in [0.25, 0.3) is 5.91 Å². The zero-order valence-electron chi connectivity index (χ0n) is 14.6. The number of aliphatic imine (C=N–C) groups is 1. The van der Waals surface area contributed by atoms with E-state index < -0.39 is 0 Å². The SMILES string of the molecule is COc1cccc(/C=C2\SC(=Nc3cccc(O)c3)N(C)C2=O)c1OC. The number of carbonyl (C=O) groups excluding carboxylic acids is 1. The van der Waals surface area contributed by atoms with Crippen molar-refractivity contribution in [2.24, 2.45) is 4.99 Å². The average Bonchev–Trinajstić information content (AvgIpc) is 2.89. The van der Waals surface area contributed by atoms with Crippen molar-refractivity contribution in [2.45, 2.75) is 0 Å². The van der Waals surface area contributed by atoms with E-state index in [4.69, 9.17) is 9.47 Å². The van der Waals surface area contributed by atoms with Gasteiger partial charge in [-0.05, 0) is 36.0 Å². The van der Waals surface area contributed by atoms with Crippen molar-refractivity contribution in [3.05, 3.63) is 52.9 Å². The maximum Gasteiger partial charge on any atom is 0.266 e. The van der Waals surface area contributed by atoms with E-state index >= 15 is 0 Å². The summed E-state index contributed by atoms with van der Waals surface area (Å²) in [5.41, 5.74) is 1.32. The molecule has 6 nitrogen and oxygen atoms in total. The summed E-state index contributed by atoms with van der Waals surface area (Å²) in [6.45, 7) is 0. The van der Waals surface area contributed by atoms with Gasteiger partial charge in [0.1, 0.15) is 5.75 Å². The summed E-state index contributed by atoms with van der Waals surface area (Å²) < 4.78 is 10.7. The number of hydrogen-bond acceptors (Lipinski definition) is 6. The Balaban J connectivity index is 1.96. The molecule has 0 unspecified atom stereocenters. The maximum atomic E-state index is 12.6. The Kier molecular flexibility index (Phi) is 5.18. The molecular formula is C19H18N2O4S. The average molecular weight is 370 g/mol. The normalized spacial score (nSPS) is 17.2. The number of nitrogens with zero attached hydrogens (tertiary/aromatic N) is 2. The molecule has 0 bridgehead atoms. The number of amidine groups is 1. The summed E-state index contributed by atoms with van der Waals surface area (Å²) >= 11 is 1.26. The molecule has 1 amide bonds. The fourth-order valence-electron chi connectivity index (χ4n) is 2.49. The molecule has 134 valence electrons. The van der Waals surface area contributed by atoms with Crippen LogP contribution < -0.4 is 9.47 Å². The molecule has 0 spiro atoms.